The predicted molar refractivity (Wildman–Crippen MR) is 112 cm³/mol. The van der Waals surface area contributed by atoms with Gasteiger partial charge in [0.05, 0.1) is 0 Å². The van der Waals surface area contributed by atoms with Gasteiger partial charge in [-0.25, -0.2) is 4.39 Å². The highest BCUT2D eigenvalue weighted by Crippen LogP contribution is 2.32. The number of rotatable bonds is 5. The van der Waals surface area contributed by atoms with Gasteiger partial charge >= 0.3 is 5.97 Å². The van der Waals surface area contributed by atoms with Crippen molar-refractivity contribution in [3.63, 3.8) is 0 Å². The monoisotopic (exact) mass is 408 g/mol. The summed E-state index contributed by atoms with van der Waals surface area (Å²) in [5.41, 5.74) is 3.87. The molecule has 156 valence electrons. The molecule has 0 bridgehead atoms. The van der Waals surface area contributed by atoms with Crippen LogP contribution < -0.4 is 0 Å². The van der Waals surface area contributed by atoms with Crippen molar-refractivity contribution >= 4 is 17.6 Å². The molecule has 2 heterocycles. The largest absolute Gasteiger partial charge is 0.481 e. The van der Waals surface area contributed by atoms with E-state index in [1.807, 2.05) is 12.1 Å². The standard InChI is InChI=1S/C24H25FN2O3/c25-20-7-5-17(6-8-20)24(30)27-12-10-18(14-23(28)29)19(15-27)13-22-21-4-2-1-3-16(21)9-11-26-22/h1-8,18-19H,9-15H2,(H,28,29)/t18-,19-/m0/s1. The maximum absolute atomic E-state index is 13.2. The second-order valence-corrected chi connectivity index (χ2v) is 8.10. The minimum Gasteiger partial charge on any atom is -0.481 e. The number of carboxylic acid groups (broad SMARTS) is 1. The topological polar surface area (TPSA) is 70.0 Å². The summed E-state index contributed by atoms with van der Waals surface area (Å²) in [5, 5.41) is 9.38. The van der Waals surface area contributed by atoms with Crippen molar-refractivity contribution in [2.24, 2.45) is 16.8 Å². The Balaban J connectivity index is 1.54. The molecule has 0 aromatic heterocycles. The Morgan fingerprint density at radius 3 is 2.63 bits per heavy atom. The van der Waals surface area contributed by atoms with Gasteiger partial charge in [-0.2, -0.15) is 0 Å². The average molecular weight is 408 g/mol. The zero-order valence-corrected chi connectivity index (χ0v) is 16.8. The lowest BCUT2D eigenvalue weighted by Crippen LogP contribution is -2.45. The van der Waals surface area contributed by atoms with Crippen LogP contribution in [0.4, 0.5) is 4.39 Å². The summed E-state index contributed by atoms with van der Waals surface area (Å²) in [6.45, 7) is 1.73. The highest BCUT2D eigenvalue weighted by molar-refractivity contribution is 6.02. The molecule has 0 aliphatic carbocycles. The number of fused-ring (bicyclic) bond motifs is 1. The molecule has 5 nitrogen and oxygen atoms in total. The van der Waals surface area contributed by atoms with E-state index >= 15 is 0 Å². The molecule has 30 heavy (non-hydrogen) atoms. The van der Waals surface area contributed by atoms with Crippen LogP contribution in [0.1, 0.15) is 40.7 Å². The zero-order valence-electron chi connectivity index (χ0n) is 16.8. The fourth-order valence-electron chi connectivity index (χ4n) is 4.60. The zero-order chi connectivity index (χ0) is 21.1. The molecule has 2 aromatic carbocycles. The summed E-state index contributed by atoms with van der Waals surface area (Å²) in [6, 6.07) is 13.8. The fraction of sp³-hybridized carbons (Fsp3) is 0.375. The van der Waals surface area contributed by atoms with E-state index in [1.165, 1.54) is 29.8 Å². The molecule has 1 fully saturated rings. The number of hydrogen-bond donors (Lipinski definition) is 1. The van der Waals surface area contributed by atoms with Crippen LogP contribution in [-0.4, -0.2) is 47.2 Å². The van der Waals surface area contributed by atoms with Crippen molar-refractivity contribution < 1.29 is 19.1 Å². The van der Waals surface area contributed by atoms with Crippen LogP contribution in [0.2, 0.25) is 0 Å². The number of carbonyl (C=O) groups is 2. The maximum atomic E-state index is 13.2. The van der Waals surface area contributed by atoms with Gasteiger partial charge in [-0.05, 0) is 66.5 Å². The van der Waals surface area contributed by atoms with Gasteiger partial charge in [-0.1, -0.05) is 24.3 Å². The lowest BCUT2D eigenvalue weighted by Gasteiger charge is -2.39. The normalized spacial score (nSPS) is 21.0. The van der Waals surface area contributed by atoms with Crippen molar-refractivity contribution in [3.8, 4) is 0 Å². The van der Waals surface area contributed by atoms with Crippen LogP contribution in [-0.2, 0) is 11.2 Å². The first-order chi connectivity index (χ1) is 14.5. The molecule has 1 saturated heterocycles. The van der Waals surface area contributed by atoms with Crippen molar-refractivity contribution in [2.45, 2.75) is 25.7 Å². The third-order valence-corrected chi connectivity index (χ3v) is 6.17. The number of piperidine rings is 1. The summed E-state index contributed by atoms with van der Waals surface area (Å²) in [5.74, 6) is -1.31. The molecule has 0 radical (unpaired) electrons. The molecule has 0 unspecified atom stereocenters. The van der Waals surface area contributed by atoms with Crippen LogP contribution in [0.25, 0.3) is 0 Å². The van der Waals surface area contributed by atoms with Gasteiger partial charge < -0.3 is 10.0 Å². The number of carbonyl (C=O) groups excluding carboxylic acids is 1. The average Bonchev–Trinajstić information content (AvgIpc) is 2.75. The van der Waals surface area contributed by atoms with Crippen molar-refractivity contribution in [2.75, 3.05) is 19.6 Å². The van der Waals surface area contributed by atoms with E-state index in [4.69, 9.17) is 4.99 Å². The smallest absolute Gasteiger partial charge is 0.303 e. The molecule has 2 aromatic rings. The molecule has 1 amide bonds. The van der Waals surface area contributed by atoms with Crippen molar-refractivity contribution in [1.29, 1.82) is 0 Å². The second kappa shape index (κ2) is 8.78. The number of halogens is 1. The molecule has 0 spiro atoms. The Kier molecular flexibility index (Phi) is 5.93. The van der Waals surface area contributed by atoms with Crippen LogP contribution in [0.3, 0.4) is 0 Å². The Morgan fingerprint density at radius 2 is 1.87 bits per heavy atom. The third-order valence-electron chi connectivity index (χ3n) is 6.17. The predicted octanol–water partition coefficient (Wildman–Crippen LogP) is 3.81. The SMILES string of the molecule is O=C(O)C[C@@H]1CCN(C(=O)c2ccc(F)cc2)C[C@@H]1CC1=NCCc2ccccc21. The van der Waals surface area contributed by atoms with Crippen LogP contribution >= 0.6 is 0 Å². The Hall–Kier alpha value is -3.02. The van der Waals surface area contributed by atoms with E-state index in [2.05, 4.69) is 12.1 Å². The van der Waals surface area contributed by atoms with Crippen molar-refractivity contribution in [3.05, 3.63) is 71.0 Å². The summed E-state index contributed by atoms with van der Waals surface area (Å²) in [4.78, 5) is 30.9. The van der Waals surface area contributed by atoms with E-state index in [-0.39, 0.29) is 30.0 Å². The highest BCUT2D eigenvalue weighted by atomic mass is 19.1. The minimum atomic E-state index is -0.811. The quantitative estimate of drug-likeness (QED) is 0.818. The first-order valence-corrected chi connectivity index (χ1v) is 10.4. The maximum Gasteiger partial charge on any atom is 0.303 e. The first kappa shape index (κ1) is 20.3. The van der Waals surface area contributed by atoms with Gasteiger partial charge in [0.2, 0.25) is 0 Å². The lowest BCUT2D eigenvalue weighted by molar-refractivity contribution is -0.138. The highest BCUT2D eigenvalue weighted by Gasteiger charge is 2.34. The van der Waals surface area contributed by atoms with Crippen molar-refractivity contribution in [1.82, 2.24) is 4.90 Å². The molecule has 2 aliphatic heterocycles. The summed E-state index contributed by atoms with van der Waals surface area (Å²) < 4.78 is 13.2. The summed E-state index contributed by atoms with van der Waals surface area (Å²) in [6.07, 6.45) is 2.30. The minimum absolute atomic E-state index is 0.00319. The molecule has 6 heteroatoms. The van der Waals surface area contributed by atoms with E-state index in [0.29, 0.717) is 31.5 Å². The molecule has 0 saturated carbocycles. The molecule has 4 rings (SSSR count). The third kappa shape index (κ3) is 4.42. The van der Waals surface area contributed by atoms with E-state index in [9.17, 15) is 19.1 Å². The Morgan fingerprint density at radius 1 is 1.10 bits per heavy atom. The number of aliphatic imine (C=N–C) groups is 1. The van der Waals surface area contributed by atoms with Gasteiger partial charge in [-0.15, -0.1) is 0 Å². The van der Waals surface area contributed by atoms with E-state index in [1.54, 1.807) is 4.90 Å². The molecular weight excluding hydrogens is 383 g/mol. The molecule has 2 atom stereocenters. The molecule has 2 aliphatic rings. The van der Waals surface area contributed by atoms with Gasteiger partial charge in [0.1, 0.15) is 5.82 Å². The van der Waals surface area contributed by atoms with E-state index < -0.39 is 5.97 Å². The lowest BCUT2D eigenvalue weighted by atomic mass is 9.78. The number of benzene rings is 2. The van der Waals surface area contributed by atoms with Gasteiger partial charge in [0.25, 0.3) is 5.91 Å². The Bertz CT molecular complexity index is 971. The number of carboxylic acids is 1. The molecule has 1 N–H and O–H groups in total. The number of aliphatic carboxylic acids is 1. The summed E-state index contributed by atoms with van der Waals surface area (Å²) in [7, 11) is 0. The van der Waals surface area contributed by atoms with Gasteiger partial charge in [0.15, 0.2) is 0 Å². The first-order valence-electron chi connectivity index (χ1n) is 10.4. The van der Waals surface area contributed by atoms with Gasteiger partial charge in [0, 0.05) is 37.3 Å². The number of likely N-dealkylation sites (tertiary alicyclic amines) is 1. The number of nitrogens with zero attached hydrogens (tertiary/aromatic N) is 2. The van der Waals surface area contributed by atoms with Gasteiger partial charge in [-0.3, -0.25) is 14.6 Å². The number of amides is 1. The van der Waals surface area contributed by atoms with Crippen LogP contribution in [0, 0.1) is 17.7 Å². The Labute approximate surface area is 175 Å². The summed E-state index contributed by atoms with van der Waals surface area (Å²) >= 11 is 0. The fourth-order valence-corrected chi connectivity index (χ4v) is 4.60. The second-order valence-electron chi connectivity index (χ2n) is 8.10. The number of hydrogen-bond acceptors (Lipinski definition) is 3. The molecular formula is C24H25FN2O3. The van der Waals surface area contributed by atoms with E-state index in [0.717, 1.165) is 24.2 Å². The van der Waals surface area contributed by atoms with Crippen LogP contribution in [0.5, 0.6) is 0 Å². The van der Waals surface area contributed by atoms with Crippen LogP contribution in [0.15, 0.2) is 53.5 Å².